The van der Waals surface area contributed by atoms with Gasteiger partial charge in [-0.2, -0.15) is 0 Å². The van der Waals surface area contributed by atoms with Crippen LogP contribution >= 0.6 is 0 Å². The molecule has 0 aliphatic rings. The maximum absolute atomic E-state index is 13.4. The third kappa shape index (κ3) is 13.7. The smallest absolute Gasteiger partial charge is 0.345 e. The van der Waals surface area contributed by atoms with E-state index >= 15 is 0 Å². The monoisotopic (exact) mass is 672 g/mol. The molecule has 2 rings (SSSR count). The van der Waals surface area contributed by atoms with Crippen LogP contribution in [0.5, 0.6) is 0 Å². The summed E-state index contributed by atoms with van der Waals surface area (Å²) in [6, 6.07) is 20.3. The Bertz CT molecular complexity index is 1240. The highest BCUT2D eigenvalue weighted by atomic mass is 28.5. The van der Waals surface area contributed by atoms with Crippen molar-refractivity contribution in [2.75, 3.05) is 13.2 Å². The number of esters is 2. The zero-order valence-corrected chi connectivity index (χ0v) is 32.5. The lowest BCUT2D eigenvalue weighted by molar-refractivity contribution is -0.147. The molecule has 2 aromatic carbocycles. The van der Waals surface area contributed by atoms with Gasteiger partial charge >= 0.3 is 29.1 Å². The number of hydrogen-bond acceptors (Lipinski definition) is 7. The van der Waals surface area contributed by atoms with Gasteiger partial charge in [-0.15, -0.1) is 0 Å². The van der Waals surface area contributed by atoms with Crippen molar-refractivity contribution >= 4 is 51.3 Å². The summed E-state index contributed by atoms with van der Waals surface area (Å²) in [7, 11) is -8.95. The zero-order chi connectivity index (χ0) is 33.2. The first-order chi connectivity index (χ1) is 20.3. The van der Waals surface area contributed by atoms with E-state index in [2.05, 4.69) is 58.9 Å². The highest BCUT2D eigenvalue weighted by molar-refractivity contribution is 6.89. The Hall–Kier alpha value is -2.39. The van der Waals surface area contributed by atoms with Crippen LogP contribution in [-0.2, 0) is 31.4 Å². The second-order valence-corrected chi connectivity index (χ2v) is 30.0. The first kappa shape index (κ1) is 37.8. The summed E-state index contributed by atoms with van der Waals surface area (Å²) in [5.74, 6) is -1.51. The highest BCUT2D eigenvalue weighted by Crippen LogP contribution is 2.30. The zero-order valence-electron chi connectivity index (χ0n) is 28.5. The molecule has 7 nitrogen and oxygen atoms in total. The molecule has 2 atom stereocenters. The number of carbonyl (C=O) groups is 2. The van der Waals surface area contributed by atoms with Crippen LogP contribution in [0.15, 0.2) is 78.4 Å². The largest absolute Gasteiger partial charge is 0.462 e. The molecule has 0 saturated carbocycles. The van der Waals surface area contributed by atoms with Crippen LogP contribution in [-0.4, -0.2) is 58.9 Å². The van der Waals surface area contributed by atoms with Gasteiger partial charge in [-0.1, -0.05) is 73.7 Å². The van der Waals surface area contributed by atoms with Gasteiger partial charge in [0.2, 0.25) is 0 Å². The Labute approximate surface area is 269 Å². The van der Waals surface area contributed by atoms with Crippen molar-refractivity contribution in [1.29, 1.82) is 0 Å². The van der Waals surface area contributed by atoms with Crippen LogP contribution in [0.3, 0.4) is 0 Å². The molecule has 11 heteroatoms. The molecule has 0 aromatic heterocycles. The molecule has 0 saturated heterocycles. The second-order valence-electron chi connectivity index (χ2n) is 13.6. The fraction of sp³-hybridized carbons (Fsp3) is 0.455. The second kappa shape index (κ2) is 16.3. The van der Waals surface area contributed by atoms with E-state index in [9.17, 15) is 9.59 Å². The molecule has 0 radical (unpaired) electrons. The van der Waals surface area contributed by atoms with Gasteiger partial charge in [-0.25, -0.2) is 9.59 Å². The van der Waals surface area contributed by atoms with Crippen LogP contribution < -0.4 is 0 Å². The summed E-state index contributed by atoms with van der Waals surface area (Å²) in [6.45, 7) is 23.2. The van der Waals surface area contributed by atoms with Gasteiger partial charge in [0, 0.05) is 0 Å². The number of ether oxygens (including phenoxy) is 2. The fourth-order valence-electron chi connectivity index (χ4n) is 5.21. The normalized spacial score (nSPS) is 14.8. The average molecular weight is 673 g/mol. The minimum absolute atomic E-state index is 0.0631. The Morgan fingerprint density at radius 1 is 0.682 bits per heavy atom. The predicted octanol–water partition coefficient (Wildman–Crippen LogP) is 8.28. The van der Waals surface area contributed by atoms with Crippen molar-refractivity contribution < 1.29 is 31.4 Å². The standard InChI is InChI=1S/C33H52O7Si4/c1-12-36-32(34)31(24-23-30(28-19-15-13-16-20-28)29-21-17-14-18-22-29)33(35)37-25-27(2)26-44(11,39-42(6,7)8)40-43(9,10)38-41(3,4)5/h13-24,27H,12,25-26H2,1-11H3/b31-24+. The van der Waals surface area contributed by atoms with E-state index in [-0.39, 0.29) is 24.7 Å². The van der Waals surface area contributed by atoms with Crippen LogP contribution in [0.25, 0.3) is 5.57 Å². The Kier molecular flexibility index (Phi) is 14.0. The third-order valence-corrected chi connectivity index (χ3v) is 19.8. The maximum atomic E-state index is 13.4. The summed E-state index contributed by atoms with van der Waals surface area (Å²) in [6.07, 6.45) is 3.27. The van der Waals surface area contributed by atoms with Crippen molar-refractivity contribution in [1.82, 2.24) is 0 Å². The lowest BCUT2D eigenvalue weighted by Gasteiger charge is -2.42. The van der Waals surface area contributed by atoms with Gasteiger partial charge in [0.05, 0.1) is 13.2 Å². The Balaban J connectivity index is 2.31. The van der Waals surface area contributed by atoms with Crippen molar-refractivity contribution in [3.63, 3.8) is 0 Å². The maximum Gasteiger partial charge on any atom is 0.345 e. The quantitative estimate of drug-likeness (QED) is 0.0443. The van der Waals surface area contributed by atoms with E-state index in [1.807, 2.05) is 67.6 Å². The average Bonchev–Trinajstić information content (AvgIpc) is 2.87. The van der Waals surface area contributed by atoms with E-state index in [0.717, 1.165) is 16.7 Å². The minimum Gasteiger partial charge on any atom is -0.462 e. The number of hydrogen-bond donors (Lipinski definition) is 0. The molecule has 0 heterocycles. The summed E-state index contributed by atoms with van der Waals surface area (Å²) in [5.41, 5.74) is 2.62. The summed E-state index contributed by atoms with van der Waals surface area (Å²) in [4.78, 5) is 26.3. The summed E-state index contributed by atoms with van der Waals surface area (Å²) < 4.78 is 31.0. The van der Waals surface area contributed by atoms with Gasteiger partial charge in [-0.3, -0.25) is 0 Å². The van der Waals surface area contributed by atoms with Gasteiger partial charge < -0.3 is 21.8 Å². The molecule has 0 fully saturated rings. The SMILES string of the molecule is CCOC(=O)/C(=C\C=C(c1ccccc1)c1ccccc1)C(=O)OCC(C)C[Si](C)(O[Si](C)(C)C)O[Si](C)(C)O[Si](C)(C)C. The highest BCUT2D eigenvalue weighted by Gasteiger charge is 2.45. The molecular weight excluding hydrogens is 621 g/mol. The molecule has 44 heavy (non-hydrogen) atoms. The topological polar surface area (TPSA) is 80.3 Å². The van der Waals surface area contributed by atoms with Gasteiger partial charge in [-0.05, 0) is 101 Å². The third-order valence-electron chi connectivity index (χ3n) is 6.06. The lowest BCUT2D eigenvalue weighted by atomic mass is 9.97. The van der Waals surface area contributed by atoms with Crippen LogP contribution in [0.1, 0.15) is 25.0 Å². The predicted molar refractivity (Wildman–Crippen MR) is 189 cm³/mol. The molecule has 0 aliphatic heterocycles. The molecule has 0 aliphatic carbocycles. The molecule has 2 unspecified atom stereocenters. The van der Waals surface area contributed by atoms with Crippen molar-refractivity contribution in [3.8, 4) is 0 Å². The molecule has 0 spiro atoms. The van der Waals surface area contributed by atoms with Crippen LogP contribution in [0, 0.1) is 5.92 Å². The fourth-order valence-corrected chi connectivity index (χ4v) is 23.6. The van der Waals surface area contributed by atoms with E-state index < -0.39 is 45.7 Å². The molecular formula is C33H52O7Si4. The van der Waals surface area contributed by atoms with Crippen molar-refractivity contribution in [2.24, 2.45) is 5.92 Å². The van der Waals surface area contributed by atoms with Gasteiger partial charge in [0.15, 0.2) is 16.6 Å². The molecule has 0 bridgehead atoms. The molecule has 0 N–H and O–H groups in total. The Morgan fingerprint density at radius 3 is 1.61 bits per heavy atom. The first-order valence-corrected chi connectivity index (χ1v) is 27.5. The number of benzene rings is 2. The summed E-state index contributed by atoms with van der Waals surface area (Å²) in [5, 5.41) is 0. The number of rotatable bonds is 16. The molecule has 242 valence electrons. The van der Waals surface area contributed by atoms with Crippen LogP contribution in [0.4, 0.5) is 0 Å². The number of carbonyl (C=O) groups excluding carboxylic acids is 2. The number of allylic oxidation sites excluding steroid dienone is 2. The first-order valence-electron chi connectivity index (χ1n) is 15.3. The van der Waals surface area contributed by atoms with E-state index in [1.54, 1.807) is 13.0 Å². The van der Waals surface area contributed by atoms with Crippen molar-refractivity contribution in [3.05, 3.63) is 89.5 Å². The van der Waals surface area contributed by atoms with Gasteiger partial charge in [0.25, 0.3) is 0 Å². The van der Waals surface area contributed by atoms with Crippen LogP contribution in [0.2, 0.25) is 65.0 Å². The molecule has 0 amide bonds. The van der Waals surface area contributed by atoms with E-state index in [4.69, 9.17) is 21.8 Å². The van der Waals surface area contributed by atoms with Gasteiger partial charge in [0.1, 0.15) is 5.57 Å². The minimum atomic E-state index is -2.71. The van der Waals surface area contributed by atoms with Crippen molar-refractivity contribution in [2.45, 2.75) is 78.8 Å². The summed E-state index contributed by atoms with van der Waals surface area (Å²) >= 11 is 0. The van der Waals surface area contributed by atoms with E-state index in [1.165, 1.54) is 6.08 Å². The lowest BCUT2D eigenvalue weighted by Crippen LogP contribution is -2.57. The molecule has 2 aromatic rings. The van der Waals surface area contributed by atoms with E-state index in [0.29, 0.717) is 6.04 Å². The Morgan fingerprint density at radius 2 is 1.16 bits per heavy atom.